The van der Waals surface area contributed by atoms with E-state index in [1.54, 1.807) is 6.20 Å². The molecular formula is C13H15N3O. The molecule has 0 unspecified atom stereocenters. The van der Waals surface area contributed by atoms with Crippen molar-refractivity contribution in [1.82, 2.24) is 10.3 Å². The van der Waals surface area contributed by atoms with E-state index in [0.717, 1.165) is 17.3 Å². The topological polar surface area (TPSA) is 54.0 Å². The lowest BCUT2D eigenvalue weighted by Crippen LogP contribution is -2.29. The van der Waals surface area contributed by atoms with E-state index in [4.69, 9.17) is 0 Å². The van der Waals surface area contributed by atoms with Crippen molar-refractivity contribution < 1.29 is 4.79 Å². The van der Waals surface area contributed by atoms with Crippen molar-refractivity contribution in [2.45, 2.75) is 13.3 Å². The van der Waals surface area contributed by atoms with Crippen LogP contribution >= 0.6 is 0 Å². The first-order valence-electron chi connectivity index (χ1n) is 5.69. The molecule has 0 bridgehead atoms. The van der Waals surface area contributed by atoms with Gasteiger partial charge in [0.1, 0.15) is 0 Å². The normalized spacial score (nSPS) is 10.2. The highest BCUT2D eigenvalue weighted by molar-refractivity contribution is 5.91. The van der Waals surface area contributed by atoms with Crippen LogP contribution in [0, 0.1) is 0 Å². The lowest BCUT2D eigenvalue weighted by atomic mass is 10.2. The maximum absolute atomic E-state index is 11.5. The van der Waals surface area contributed by atoms with E-state index in [9.17, 15) is 4.79 Å². The summed E-state index contributed by atoms with van der Waals surface area (Å²) in [5.74, 6) is 0. The molecule has 0 aliphatic carbocycles. The molecule has 1 aromatic carbocycles. The quantitative estimate of drug-likeness (QED) is 0.850. The number of anilines is 1. The fourth-order valence-corrected chi connectivity index (χ4v) is 1.55. The second-order valence-corrected chi connectivity index (χ2v) is 3.80. The molecule has 1 heterocycles. The Morgan fingerprint density at radius 3 is 3.00 bits per heavy atom. The number of hydrogen-bond donors (Lipinski definition) is 2. The summed E-state index contributed by atoms with van der Waals surface area (Å²) in [6.07, 6.45) is 2.58. The summed E-state index contributed by atoms with van der Waals surface area (Å²) >= 11 is 0. The van der Waals surface area contributed by atoms with E-state index >= 15 is 0 Å². The number of aromatic nitrogens is 1. The summed E-state index contributed by atoms with van der Waals surface area (Å²) in [4.78, 5) is 15.7. The standard InChI is InChI=1S/C13H15N3O/c1-2-7-14-13(17)16-11-8-10-5-3-4-6-12(10)15-9-11/h3-6,8-9H,2,7H2,1H3,(H2,14,16,17). The van der Waals surface area contributed by atoms with Crippen molar-refractivity contribution in [2.24, 2.45) is 0 Å². The first-order chi connectivity index (χ1) is 8.29. The molecule has 0 aliphatic heterocycles. The van der Waals surface area contributed by atoms with E-state index in [0.29, 0.717) is 12.2 Å². The van der Waals surface area contributed by atoms with Crippen LogP contribution in [-0.4, -0.2) is 17.6 Å². The lowest BCUT2D eigenvalue weighted by molar-refractivity contribution is 0.252. The third-order valence-corrected chi connectivity index (χ3v) is 2.38. The third-order valence-electron chi connectivity index (χ3n) is 2.38. The summed E-state index contributed by atoms with van der Waals surface area (Å²) in [6.45, 7) is 2.69. The van der Waals surface area contributed by atoms with Gasteiger partial charge in [-0.15, -0.1) is 0 Å². The Balaban J connectivity index is 2.11. The number of nitrogens with zero attached hydrogens (tertiary/aromatic N) is 1. The first kappa shape index (κ1) is 11.4. The number of benzene rings is 1. The number of pyridine rings is 1. The predicted molar refractivity (Wildman–Crippen MR) is 69.1 cm³/mol. The number of carbonyl (C=O) groups is 1. The molecule has 2 aromatic rings. The van der Waals surface area contributed by atoms with Crippen molar-refractivity contribution in [1.29, 1.82) is 0 Å². The molecule has 4 nitrogen and oxygen atoms in total. The SMILES string of the molecule is CCCNC(=O)Nc1cnc2ccccc2c1. The van der Waals surface area contributed by atoms with Crippen LogP contribution in [0.3, 0.4) is 0 Å². The van der Waals surface area contributed by atoms with Gasteiger partial charge in [-0.3, -0.25) is 4.98 Å². The maximum Gasteiger partial charge on any atom is 0.319 e. The van der Waals surface area contributed by atoms with Gasteiger partial charge in [-0.2, -0.15) is 0 Å². The molecule has 0 atom stereocenters. The molecule has 2 rings (SSSR count). The number of urea groups is 1. The average molecular weight is 229 g/mol. The number of hydrogen-bond acceptors (Lipinski definition) is 2. The van der Waals surface area contributed by atoms with E-state index in [2.05, 4.69) is 15.6 Å². The fraction of sp³-hybridized carbons (Fsp3) is 0.231. The number of carbonyl (C=O) groups excluding carboxylic acids is 1. The van der Waals surface area contributed by atoms with Gasteiger partial charge in [0.2, 0.25) is 0 Å². The van der Waals surface area contributed by atoms with Crippen LogP contribution in [0.25, 0.3) is 10.9 Å². The first-order valence-corrected chi connectivity index (χ1v) is 5.69. The minimum Gasteiger partial charge on any atom is -0.338 e. The zero-order chi connectivity index (χ0) is 12.1. The van der Waals surface area contributed by atoms with E-state index < -0.39 is 0 Å². The smallest absolute Gasteiger partial charge is 0.319 e. The summed E-state index contributed by atoms with van der Waals surface area (Å²) in [5.41, 5.74) is 1.63. The molecule has 2 amide bonds. The summed E-state index contributed by atoms with van der Waals surface area (Å²) in [6, 6.07) is 9.52. The van der Waals surface area contributed by atoms with Gasteiger partial charge in [0.05, 0.1) is 17.4 Å². The van der Waals surface area contributed by atoms with Gasteiger partial charge in [0.25, 0.3) is 0 Å². The fourth-order valence-electron chi connectivity index (χ4n) is 1.55. The van der Waals surface area contributed by atoms with E-state index in [1.807, 2.05) is 37.3 Å². The lowest BCUT2D eigenvalue weighted by Gasteiger charge is -2.06. The molecule has 0 saturated carbocycles. The van der Waals surface area contributed by atoms with Crippen molar-refractivity contribution in [3.05, 3.63) is 36.5 Å². The van der Waals surface area contributed by atoms with Crippen molar-refractivity contribution in [3.63, 3.8) is 0 Å². The number of rotatable bonds is 3. The van der Waals surface area contributed by atoms with E-state index in [1.165, 1.54) is 0 Å². The van der Waals surface area contributed by atoms with Crippen molar-refractivity contribution >= 4 is 22.6 Å². The zero-order valence-corrected chi connectivity index (χ0v) is 9.73. The molecule has 17 heavy (non-hydrogen) atoms. The second-order valence-electron chi connectivity index (χ2n) is 3.80. The number of nitrogens with one attached hydrogen (secondary N) is 2. The van der Waals surface area contributed by atoms with Gasteiger partial charge >= 0.3 is 6.03 Å². The third kappa shape index (κ3) is 2.93. The highest BCUT2D eigenvalue weighted by Gasteiger charge is 2.01. The molecule has 0 fully saturated rings. The minimum atomic E-state index is -0.191. The zero-order valence-electron chi connectivity index (χ0n) is 9.73. The van der Waals surface area contributed by atoms with Crippen LogP contribution in [0.4, 0.5) is 10.5 Å². The van der Waals surface area contributed by atoms with Crippen LogP contribution in [-0.2, 0) is 0 Å². The molecule has 0 spiro atoms. The highest BCUT2D eigenvalue weighted by Crippen LogP contribution is 2.15. The molecule has 0 aliphatic rings. The van der Waals surface area contributed by atoms with E-state index in [-0.39, 0.29) is 6.03 Å². The largest absolute Gasteiger partial charge is 0.338 e. The van der Waals surface area contributed by atoms with Gasteiger partial charge in [-0.1, -0.05) is 25.1 Å². The van der Waals surface area contributed by atoms with Crippen LogP contribution in [0.2, 0.25) is 0 Å². The van der Waals surface area contributed by atoms with Gasteiger partial charge in [-0.05, 0) is 18.6 Å². The van der Waals surface area contributed by atoms with Crippen molar-refractivity contribution in [3.8, 4) is 0 Å². The Morgan fingerprint density at radius 1 is 1.35 bits per heavy atom. The Bertz CT molecular complexity index is 525. The summed E-state index contributed by atoms with van der Waals surface area (Å²) in [5, 5.41) is 6.52. The van der Waals surface area contributed by atoms with Gasteiger partial charge < -0.3 is 10.6 Å². The van der Waals surface area contributed by atoms with Gasteiger partial charge in [0.15, 0.2) is 0 Å². The average Bonchev–Trinajstić information content (AvgIpc) is 2.36. The molecule has 88 valence electrons. The maximum atomic E-state index is 11.5. The minimum absolute atomic E-state index is 0.191. The number of para-hydroxylation sites is 1. The van der Waals surface area contributed by atoms with Crippen LogP contribution in [0.1, 0.15) is 13.3 Å². The Labute approximate surface area is 100 Å². The molecule has 4 heteroatoms. The van der Waals surface area contributed by atoms with Gasteiger partial charge in [-0.25, -0.2) is 4.79 Å². The Hall–Kier alpha value is -2.10. The second kappa shape index (κ2) is 5.30. The molecule has 0 saturated heterocycles. The van der Waals surface area contributed by atoms with Crippen LogP contribution in [0.5, 0.6) is 0 Å². The molecule has 1 aromatic heterocycles. The monoisotopic (exact) mass is 229 g/mol. The predicted octanol–water partition coefficient (Wildman–Crippen LogP) is 2.77. The molecular weight excluding hydrogens is 214 g/mol. The molecule has 2 N–H and O–H groups in total. The van der Waals surface area contributed by atoms with Gasteiger partial charge in [0, 0.05) is 11.9 Å². The Morgan fingerprint density at radius 2 is 2.18 bits per heavy atom. The van der Waals surface area contributed by atoms with Crippen molar-refractivity contribution in [2.75, 3.05) is 11.9 Å². The number of amides is 2. The summed E-state index contributed by atoms with van der Waals surface area (Å²) < 4.78 is 0. The van der Waals surface area contributed by atoms with Crippen LogP contribution < -0.4 is 10.6 Å². The number of fused-ring (bicyclic) bond motifs is 1. The molecule has 0 radical (unpaired) electrons. The highest BCUT2D eigenvalue weighted by atomic mass is 16.2. The summed E-state index contributed by atoms with van der Waals surface area (Å²) in [7, 11) is 0. The Kier molecular flexibility index (Phi) is 3.55. The van der Waals surface area contributed by atoms with Crippen LogP contribution in [0.15, 0.2) is 36.5 Å².